The van der Waals surface area contributed by atoms with E-state index < -0.39 is 32.5 Å². The first-order chi connectivity index (χ1) is 20.1. The second kappa shape index (κ2) is 12.4. The third-order valence-electron chi connectivity index (χ3n) is 6.33. The van der Waals surface area contributed by atoms with Crippen molar-refractivity contribution in [3.8, 4) is 12.1 Å². The number of hydrogen-bond acceptors (Lipinski definition) is 6. The Labute approximate surface area is 238 Å². The molecule has 0 amide bonds. The molecule has 4 aromatic carbocycles. The summed E-state index contributed by atoms with van der Waals surface area (Å²) in [6, 6.07) is 36.1. The van der Waals surface area contributed by atoms with E-state index in [1.54, 1.807) is 121 Å². The summed E-state index contributed by atoms with van der Waals surface area (Å²) in [6.07, 6.45) is -14.0. The fraction of sp³-hybridized carbons (Fsp3) is 0.103. The van der Waals surface area contributed by atoms with Crippen molar-refractivity contribution in [3.05, 3.63) is 121 Å². The number of halogens is 5. The Morgan fingerprint density at radius 2 is 0.929 bits per heavy atom. The number of benzene rings is 4. The molecule has 0 aliphatic heterocycles. The second-order valence-electron chi connectivity index (χ2n) is 8.74. The fourth-order valence-corrected chi connectivity index (χ4v) is 10.2. The van der Waals surface area contributed by atoms with Crippen LogP contribution in [-0.2, 0) is 18.8 Å². The Morgan fingerprint density at radius 3 is 1.21 bits per heavy atom. The van der Waals surface area contributed by atoms with E-state index in [4.69, 9.17) is 19.8 Å². The monoisotopic (exact) mass is 598 g/mol. The van der Waals surface area contributed by atoms with Crippen LogP contribution in [0.5, 0.6) is 0 Å². The summed E-state index contributed by atoms with van der Waals surface area (Å²) in [4.78, 5) is 9.49. The molecule has 0 aliphatic carbocycles. The standard InChI is InChI=1S/C29H21BF5N2O4P/c31-28(32,33)29(34,35)39-30(40-38-23(21-36)22-37)41-42(24-13-5-1-6-14-24,25-15-7-2-8-16-25,26-17-9-3-10-18-26)27-19-11-4-12-20-27/h1-20,23H. The Bertz CT molecular complexity index is 1370. The molecule has 0 bridgehead atoms. The van der Waals surface area contributed by atoms with Crippen LogP contribution in [0.2, 0.25) is 0 Å². The van der Waals surface area contributed by atoms with Gasteiger partial charge in [-0.2, -0.15) is 0 Å². The van der Waals surface area contributed by atoms with Crippen LogP contribution in [0.25, 0.3) is 0 Å². The molecule has 0 spiro atoms. The van der Waals surface area contributed by atoms with Crippen molar-refractivity contribution in [1.29, 1.82) is 10.5 Å². The zero-order chi connectivity index (χ0) is 30.3. The summed E-state index contributed by atoms with van der Waals surface area (Å²) in [5.41, 5.74) is 0. The fourth-order valence-electron chi connectivity index (χ4n) is 4.58. The van der Waals surface area contributed by atoms with E-state index in [9.17, 15) is 22.0 Å². The molecular weight excluding hydrogens is 577 g/mol. The Balaban J connectivity index is 2.13. The van der Waals surface area contributed by atoms with E-state index in [1.807, 2.05) is 0 Å². The van der Waals surface area contributed by atoms with Gasteiger partial charge in [0.15, 0.2) is 0 Å². The van der Waals surface area contributed by atoms with Gasteiger partial charge in [-0.25, -0.2) is 0 Å². The van der Waals surface area contributed by atoms with Gasteiger partial charge in [-0.1, -0.05) is 0 Å². The molecule has 0 aromatic heterocycles. The van der Waals surface area contributed by atoms with Gasteiger partial charge in [-0.3, -0.25) is 0 Å². The van der Waals surface area contributed by atoms with E-state index in [-0.39, 0.29) is 0 Å². The van der Waals surface area contributed by atoms with Gasteiger partial charge in [-0.15, -0.1) is 0 Å². The van der Waals surface area contributed by atoms with Gasteiger partial charge < -0.3 is 0 Å². The number of rotatable bonds is 11. The third kappa shape index (κ3) is 5.51. The first kappa shape index (κ1) is 30.8. The van der Waals surface area contributed by atoms with Crippen LogP contribution in [0, 0.1) is 22.7 Å². The van der Waals surface area contributed by atoms with Gasteiger partial charge in [0.05, 0.1) is 0 Å². The van der Waals surface area contributed by atoms with E-state index in [2.05, 4.69) is 9.54 Å². The first-order valence-electron chi connectivity index (χ1n) is 12.3. The average Bonchev–Trinajstić information content (AvgIpc) is 3.01. The summed E-state index contributed by atoms with van der Waals surface area (Å²) >= 11 is 0. The molecule has 0 unspecified atom stereocenters. The van der Waals surface area contributed by atoms with Crippen LogP contribution < -0.4 is 21.2 Å². The van der Waals surface area contributed by atoms with Crippen molar-refractivity contribution in [2.24, 2.45) is 0 Å². The van der Waals surface area contributed by atoms with Crippen LogP contribution in [0.3, 0.4) is 0 Å². The minimum atomic E-state index is -6.18. The van der Waals surface area contributed by atoms with Crippen molar-refractivity contribution in [2.75, 3.05) is 0 Å². The summed E-state index contributed by atoms with van der Waals surface area (Å²) in [6.45, 7) is -4.90. The molecule has 214 valence electrons. The van der Waals surface area contributed by atoms with E-state index in [1.165, 1.54) is 12.1 Å². The molecule has 0 radical (unpaired) electrons. The van der Waals surface area contributed by atoms with Crippen molar-refractivity contribution >= 4 is 35.4 Å². The van der Waals surface area contributed by atoms with Crippen LogP contribution in [0.15, 0.2) is 121 Å². The van der Waals surface area contributed by atoms with Crippen LogP contribution in [0.1, 0.15) is 0 Å². The first-order valence-corrected chi connectivity index (χ1v) is 14.4. The third-order valence-corrected chi connectivity index (χ3v) is 12.1. The molecule has 0 heterocycles. The molecule has 42 heavy (non-hydrogen) atoms. The minimum absolute atomic E-state index is 0.386. The number of nitriles is 2. The molecule has 0 saturated carbocycles. The van der Waals surface area contributed by atoms with Crippen LogP contribution >= 0.6 is 6.83 Å². The predicted molar refractivity (Wildman–Crippen MR) is 147 cm³/mol. The molecular formula is C29H21BF5N2O4P. The maximum absolute atomic E-state index is 14.5. The maximum atomic E-state index is 14.5. The molecule has 0 aliphatic rings. The number of hydrogen-bond donors (Lipinski definition) is 0. The second-order valence-corrected chi connectivity index (χ2v) is 13.1. The van der Waals surface area contributed by atoms with Crippen molar-refractivity contribution in [2.45, 2.75) is 18.4 Å². The Hall–Kier alpha value is -4.16. The van der Waals surface area contributed by atoms with Gasteiger partial charge in [0.2, 0.25) is 0 Å². The van der Waals surface area contributed by atoms with Crippen molar-refractivity contribution < 1.29 is 40.7 Å². The van der Waals surface area contributed by atoms with Gasteiger partial charge in [0.25, 0.3) is 0 Å². The molecule has 0 N–H and O–H groups in total. The Kier molecular flexibility index (Phi) is 9.08. The Morgan fingerprint density at radius 1 is 0.595 bits per heavy atom. The SMILES string of the molecule is N#CC(C#N)OOB(OC(F)(F)C(F)(F)F)OP(c1ccccc1)(c1ccccc1)(c1ccccc1)c1ccccc1. The van der Waals surface area contributed by atoms with Gasteiger partial charge in [0, 0.05) is 0 Å². The molecule has 4 rings (SSSR count). The molecule has 0 fully saturated rings. The van der Waals surface area contributed by atoms with Crippen molar-refractivity contribution in [3.63, 3.8) is 0 Å². The number of alkyl halides is 5. The van der Waals surface area contributed by atoms with Gasteiger partial charge >= 0.3 is 238 Å². The topological polar surface area (TPSA) is 84.5 Å². The van der Waals surface area contributed by atoms with Gasteiger partial charge in [-0.05, 0) is 0 Å². The molecule has 4 aromatic rings. The normalized spacial score (nSPS) is 13.0. The quantitative estimate of drug-likeness (QED) is 0.0767. The zero-order valence-corrected chi connectivity index (χ0v) is 22.5. The molecule has 0 atom stereocenters. The van der Waals surface area contributed by atoms with Crippen molar-refractivity contribution in [1.82, 2.24) is 0 Å². The van der Waals surface area contributed by atoms with Crippen LogP contribution in [-0.4, -0.2) is 25.7 Å². The molecule has 0 saturated heterocycles. The predicted octanol–water partition coefficient (Wildman–Crippen LogP) is 5.29. The average molecular weight is 598 g/mol. The summed E-state index contributed by atoms with van der Waals surface area (Å²) in [7, 11) is -2.93. The molecule has 6 nitrogen and oxygen atoms in total. The van der Waals surface area contributed by atoms with E-state index >= 15 is 0 Å². The summed E-state index contributed by atoms with van der Waals surface area (Å²) in [5, 5.41) is 19.8. The van der Waals surface area contributed by atoms with E-state index in [0.29, 0.717) is 21.2 Å². The van der Waals surface area contributed by atoms with Crippen LogP contribution in [0.4, 0.5) is 22.0 Å². The molecule has 13 heteroatoms. The van der Waals surface area contributed by atoms with Gasteiger partial charge in [0.1, 0.15) is 0 Å². The van der Waals surface area contributed by atoms with E-state index in [0.717, 1.165) is 0 Å². The summed E-state index contributed by atoms with van der Waals surface area (Å²) < 4.78 is 80.0. The zero-order valence-electron chi connectivity index (χ0n) is 21.6. The number of nitrogens with zero attached hydrogens (tertiary/aromatic N) is 2. The summed E-state index contributed by atoms with van der Waals surface area (Å²) in [5.74, 6) is 0.